The highest BCUT2D eigenvalue weighted by Gasteiger charge is 2.30. The second-order valence-corrected chi connectivity index (χ2v) is 12.1. The molecule has 35 heavy (non-hydrogen) atoms. The van der Waals surface area contributed by atoms with Crippen LogP contribution in [0.25, 0.3) is 0 Å². The van der Waals surface area contributed by atoms with Crippen molar-refractivity contribution in [3.63, 3.8) is 0 Å². The van der Waals surface area contributed by atoms with Crippen LogP contribution in [0.3, 0.4) is 0 Å². The van der Waals surface area contributed by atoms with E-state index in [1.54, 1.807) is 53.4 Å². The first-order valence-corrected chi connectivity index (χ1v) is 14.0. The van der Waals surface area contributed by atoms with Gasteiger partial charge in [-0.15, -0.1) is 0 Å². The van der Waals surface area contributed by atoms with Crippen molar-refractivity contribution in [2.24, 2.45) is 0 Å². The number of aryl methyl sites for hydroxylation is 2. The molecule has 0 spiro atoms. The van der Waals surface area contributed by atoms with Crippen molar-refractivity contribution in [3.05, 3.63) is 89.5 Å². The van der Waals surface area contributed by atoms with E-state index in [9.17, 15) is 21.6 Å². The number of hydrogen-bond donors (Lipinski definition) is 1. The van der Waals surface area contributed by atoms with Gasteiger partial charge >= 0.3 is 0 Å². The predicted molar refractivity (Wildman–Crippen MR) is 134 cm³/mol. The zero-order valence-corrected chi connectivity index (χ0v) is 21.1. The summed E-state index contributed by atoms with van der Waals surface area (Å²) in [7, 11) is -7.35. The van der Waals surface area contributed by atoms with E-state index in [1.165, 1.54) is 28.6 Å². The van der Waals surface area contributed by atoms with Gasteiger partial charge in [0.1, 0.15) is 0 Å². The number of carbonyl (C=O) groups is 1. The number of nitrogens with zero attached hydrogens (tertiary/aromatic N) is 2. The molecule has 0 radical (unpaired) electrons. The summed E-state index contributed by atoms with van der Waals surface area (Å²) in [6.07, 6.45) is 0. The Balaban J connectivity index is 1.38. The number of nitrogens with one attached hydrogen (secondary N) is 1. The third kappa shape index (κ3) is 5.55. The lowest BCUT2D eigenvalue weighted by Crippen LogP contribution is -2.50. The predicted octanol–water partition coefficient (Wildman–Crippen LogP) is 3.25. The van der Waals surface area contributed by atoms with Gasteiger partial charge in [-0.3, -0.25) is 9.52 Å². The van der Waals surface area contributed by atoms with Crippen molar-refractivity contribution < 1.29 is 21.6 Å². The Bertz CT molecular complexity index is 1410. The molecule has 1 N–H and O–H groups in total. The average molecular weight is 514 g/mol. The van der Waals surface area contributed by atoms with Gasteiger partial charge in [0.05, 0.1) is 9.79 Å². The maximum absolute atomic E-state index is 12.9. The average Bonchev–Trinajstić information content (AvgIpc) is 2.84. The van der Waals surface area contributed by atoms with Crippen molar-refractivity contribution in [2.45, 2.75) is 23.6 Å². The van der Waals surface area contributed by atoms with Crippen LogP contribution in [0.1, 0.15) is 21.5 Å². The zero-order chi connectivity index (χ0) is 25.2. The fourth-order valence-electron chi connectivity index (χ4n) is 3.79. The Morgan fingerprint density at radius 1 is 0.686 bits per heavy atom. The third-order valence-electron chi connectivity index (χ3n) is 5.90. The molecular weight excluding hydrogens is 486 g/mol. The second kappa shape index (κ2) is 9.80. The van der Waals surface area contributed by atoms with Crippen molar-refractivity contribution >= 4 is 31.6 Å². The molecule has 1 aliphatic heterocycles. The minimum absolute atomic E-state index is 0.154. The van der Waals surface area contributed by atoms with E-state index in [2.05, 4.69) is 4.72 Å². The lowest BCUT2D eigenvalue weighted by Gasteiger charge is -2.34. The van der Waals surface area contributed by atoms with Crippen LogP contribution in [-0.4, -0.2) is 58.1 Å². The highest BCUT2D eigenvalue weighted by atomic mass is 32.2. The molecule has 1 amide bonds. The van der Waals surface area contributed by atoms with Crippen molar-refractivity contribution in [1.29, 1.82) is 0 Å². The molecule has 1 aliphatic rings. The van der Waals surface area contributed by atoms with Crippen LogP contribution in [0.4, 0.5) is 5.69 Å². The van der Waals surface area contributed by atoms with Gasteiger partial charge in [-0.05, 0) is 62.4 Å². The molecule has 0 aliphatic carbocycles. The maximum atomic E-state index is 12.9. The molecule has 0 unspecified atom stereocenters. The van der Waals surface area contributed by atoms with Crippen LogP contribution in [0.2, 0.25) is 0 Å². The van der Waals surface area contributed by atoms with Crippen molar-refractivity contribution in [3.8, 4) is 0 Å². The fraction of sp³-hybridized carbons (Fsp3) is 0.240. The summed E-state index contributed by atoms with van der Waals surface area (Å²) in [6.45, 7) is 4.72. The highest BCUT2D eigenvalue weighted by molar-refractivity contribution is 7.92. The number of hydrogen-bond acceptors (Lipinski definition) is 5. The highest BCUT2D eigenvalue weighted by Crippen LogP contribution is 2.21. The summed E-state index contributed by atoms with van der Waals surface area (Å²) < 4.78 is 54.8. The van der Waals surface area contributed by atoms with Gasteiger partial charge in [-0.1, -0.05) is 35.4 Å². The van der Waals surface area contributed by atoms with Crippen LogP contribution in [-0.2, 0) is 20.0 Å². The standard InChI is InChI=1S/C25H27N3O5S2/c1-19-3-11-23(12-4-19)34(30,31)26-22-9-7-21(8-10-22)25(29)27-15-17-28(18-16-27)35(32,33)24-13-5-20(2)6-14-24/h3-14,26H,15-18H2,1-2H3. The Morgan fingerprint density at radius 3 is 1.69 bits per heavy atom. The van der Waals surface area contributed by atoms with Gasteiger partial charge in [-0.25, -0.2) is 16.8 Å². The Morgan fingerprint density at radius 2 is 1.17 bits per heavy atom. The molecule has 0 aromatic heterocycles. The van der Waals surface area contributed by atoms with Crippen molar-refractivity contribution in [2.75, 3.05) is 30.9 Å². The zero-order valence-electron chi connectivity index (χ0n) is 19.5. The van der Waals surface area contributed by atoms with Gasteiger partial charge in [0.2, 0.25) is 10.0 Å². The van der Waals surface area contributed by atoms with E-state index < -0.39 is 20.0 Å². The first-order valence-electron chi connectivity index (χ1n) is 11.1. The Labute approximate surface area is 206 Å². The first kappa shape index (κ1) is 24.9. The van der Waals surface area contributed by atoms with E-state index in [1.807, 2.05) is 13.8 Å². The van der Waals surface area contributed by atoms with Crippen LogP contribution in [0.15, 0.2) is 82.6 Å². The Kier molecular flexibility index (Phi) is 6.98. The number of benzene rings is 3. The number of rotatable bonds is 6. The molecule has 8 nitrogen and oxygen atoms in total. The molecule has 3 aromatic rings. The summed E-state index contributed by atoms with van der Waals surface area (Å²) >= 11 is 0. The molecular formula is C25H27N3O5S2. The second-order valence-electron chi connectivity index (χ2n) is 8.51. The van der Waals surface area contributed by atoms with E-state index in [0.29, 0.717) is 11.3 Å². The van der Waals surface area contributed by atoms with Crippen LogP contribution < -0.4 is 4.72 Å². The molecule has 3 aromatic carbocycles. The third-order valence-corrected chi connectivity index (χ3v) is 9.21. The fourth-order valence-corrected chi connectivity index (χ4v) is 6.27. The first-order chi connectivity index (χ1) is 16.6. The van der Waals surface area contributed by atoms with Gasteiger partial charge in [0.15, 0.2) is 0 Å². The summed E-state index contributed by atoms with van der Waals surface area (Å²) in [5.74, 6) is -0.231. The van der Waals surface area contributed by atoms with E-state index in [0.717, 1.165) is 11.1 Å². The molecule has 0 bridgehead atoms. The van der Waals surface area contributed by atoms with Gasteiger partial charge in [0.25, 0.3) is 15.9 Å². The minimum Gasteiger partial charge on any atom is -0.336 e. The minimum atomic E-state index is -3.74. The quantitative estimate of drug-likeness (QED) is 0.545. The topological polar surface area (TPSA) is 104 Å². The van der Waals surface area contributed by atoms with Crippen LogP contribution in [0.5, 0.6) is 0 Å². The van der Waals surface area contributed by atoms with Gasteiger partial charge in [-0.2, -0.15) is 4.31 Å². The molecule has 10 heteroatoms. The lowest BCUT2D eigenvalue weighted by molar-refractivity contribution is 0.0698. The molecule has 184 valence electrons. The van der Waals surface area contributed by atoms with Crippen LogP contribution >= 0.6 is 0 Å². The van der Waals surface area contributed by atoms with Crippen LogP contribution in [0, 0.1) is 13.8 Å². The summed E-state index contributed by atoms with van der Waals surface area (Å²) in [6, 6.07) is 19.4. The molecule has 1 saturated heterocycles. The van der Waals surface area contributed by atoms with E-state index in [4.69, 9.17) is 0 Å². The molecule has 0 saturated carbocycles. The maximum Gasteiger partial charge on any atom is 0.261 e. The molecule has 1 heterocycles. The van der Waals surface area contributed by atoms with Gasteiger partial charge < -0.3 is 4.90 Å². The molecule has 1 fully saturated rings. The summed E-state index contributed by atoms with van der Waals surface area (Å²) in [5, 5.41) is 0. The number of piperazine rings is 1. The van der Waals surface area contributed by atoms with E-state index >= 15 is 0 Å². The number of sulfonamides is 2. The number of amides is 1. The molecule has 0 atom stereocenters. The van der Waals surface area contributed by atoms with Gasteiger partial charge in [0, 0.05) is 37.4 Å². The number of carbonyl (C=O) groups excluding carboxylic acids is 1. The largest absolute Gasteiger partial charge is 0.336 e. The van der Waals surface area contributed by atoms with Crippen molar-refractivity contribution in [1.82, 2.24) is 9.21 Å². The normalized spacial score (nSPS) is 15.1. The molecule has 4 rings (SSSR count). The van der Waals surface area contributed by atoms with E-state index in [-0.39, 0.29) is 41.9 Å². The Hall–Kier alpha value is -3.21. The monoisotopic (exact) mass is 513 g/mol. The SMILES string of the molecule is Cc1ccc(S(=O)(=O)Nc2ccc(C(=O)N3CCN(S(=O)(=O)c4ccc(C)cc4)CC3)cc2)cc1. The summed E-state index contributed by atoms with van der Waals surface area (Å²) in [4.78, 5) is 14.9. The number of anilines is 1. The lowest BCUT2D eigenvalue weighted by atomic mass is 10.1. The summed E-state index contributed by atoms with van der Waals surface area (Å²) in [5.41, 5.74) is 2.68. The smallest absolute Gasteiger partial charge is 0.261 e.